The second-order valence-electron chi connectivity index (χ2n) is 16.6. The number of ether oxygens (including phenoxy) is 3. The van der Waals surface area contributed by atoms with Crippen LogP contribution in [0.4, 0.5) is 10.5 Å². The Hall–Kier alpha value is -5.05. The number of nitrogens with one attached hydrogen (secondary N) is 1. The summed E-state index contributed by atoms with van der Waals surface area (Å²) in [5, 5.41) is 38.6. The lowest BCUT2D eigenvalue weighted by molar-refractivity contribution is -0.384. The Balaban J connectivity index is 1.76. The zero-order chi connectivity index (χ0) is 43.5. The average molecular weight is 831 g/mol. The molecule has 1 saturated carbocycles. The maximum atomic E-state index is 14.6. The number of amides is 2. The van der Waals surface area contributed by atoms with Crippen molar-refractivity contribution in [3.63, 3.8) is 0 Å². The number of rotatable bonds is 20. The molecule has 2 aromatic carbocycles. The zero-order valence-corrected chi connectivity index (χ0v) is 35.6. The summed E-state index contributed by atoms with van der Waals surface area (Å²) in [4.78, 5) is 46.1. The number of hydrogen-bond donors (Lipinski definition) is 3. The minimum absolute atomic E-state index is 0.0149. The van der Waals surface area contributed by atoms with Crippen LogP contribution in [0, 0.1) is 27.9 Å². The van der Waals surface area contributed by atoms with Crippen LogP contribution < -0.4 is 14.8 Å². The molecule has 1 aliphatic heterocycles. The van der Waals surface area contributed by atoms with Crippen molar-refractivity contribution < 1.29 is 43.8 Å². The van der Waals surface area contributed by atoms with Gasteiger partial charge < -0.3 is 39.5 Å². The Bertz CT molecular complexity index is 1900. The van der Waals surface area contributed by atoms with Gasteiger partial charge in [0, 0.05) is 62.4 Å². The molecular weight excluding hydrogens is 769 g/mol. The molecule has 2 aliphatic carbocycles. The van der Waals surface area contributed by atoms with E-state index in [-0.39, 0.29) is 55.6 Å². The van der Waals surface area contributed by atoms with E-state index in [4.69, 9.17) is 24.2 Å². The number of allylic oxidation sites excluding steroid dienone is 1. The predicted molar refractivity (Wildman–Crippen MR) is 230 cm³/mol. The molecule has 3 aliphatic rings. The van der Waals surface area contributed by atoms with Crippen LogP contribution in [-0.4, -0.2) is 88.1 Å². The summed E-state index contributed by atoms with van der Waals surface area (Å²) in [6, 6.07) is 10.6. The number of nitrogens with zero attached hydrogens (tertiary/aromatic N) is 3. The van der Waals surface area contributed by atoms with Crippen molar-refractivity contribution in [3.8, 4) is 11.5 Å². The second-order valence-corrected chi connectivity index (χ2v) is 16.6. The van der Waals surface area contributed by atoms with Gasteiger partial charge in [0.15, 0.2) is 0 Å². The Morgan fingerprint density at radius 3 is 2.43 bits per heavy atom. The molecule has 2 amide bonds. The molecule has 60 heavy (non-hydrogen) atoms. The standard InChI is InChI=1S/C46H62N4O10/c1-7-24-49(41(53)23-18-31-16-19-33(20-17-31)50(55)56)40-30-38(48-60-45(4,5)6)36-28-32(14-10-12-25-51)35(15-11-13-26-52)42-37-29-34(58-44(54)47-9-3)21-22-39(37)59-46(40,43(36)42)57-27-8-2/h8,16-23,28-29,32,35,40,42-43,51-52H,2,7,9-15,24-27,30H2,1,3-6H3,(H,47,54)/t32-,35+,40-,42+,43+,46+/m0/s1. The number of aliphatic hydroxyl groups excluding tert-OH is 2. The van der Waals surface area contributed by atoms with Gasteiger partial charge in [-0.1, -0.05) is 37.1 Å². The number of unbranched alkanes of at least 4 members (excludes halogenated alkanes) is 2. The van der Waals surface area contributed by atoms with Crippen LogP contribution >= 0.6 is 0 Å². The molecule has 326 valence electrons. The Labute approximate surface area is 353 Å². The molecule has 0 radical (unpaired) electrons. The van der Waals surface area contributed by atoms with Crippen LogP contribution in [0.1, 0.15) is 103 Å². The molecule has 0 aromatic heterocycles. The lowest BCUT2D eigenvalue weighted by atomic mass is 9.55. The van der Waals surface area contributed by atoms with E-state index in [1.165, 1.54) is 18.2 Å². The second kappa shape index (κ2) is 21.0. The SMILES string of the molecule is C=CCO[C@@]12Oc3ccc(OC(=O)NCC)cc3[C@H]3[C@H](CCCCO)[C@@H](CCCCO)C=C(C(=NOC(C)(C)C)C[C@@H]1N(CCC)C(=O)C=Cc1ccc([N+](=O)[O-])cc1)[C@H]32. The Morgan fingerprint density at radius 1 is 1.08 bits per heavy atom. The maximum Gasteiger partial charge on any atom is 0.412 e. The Morgan fingerprint density at radius 2 is 1.80 bits per heavy atom. The van der Waals surface area contributed by atoms with Crippen molar-refractivity contribution in [1.82, 2.24) is 10.2 Å². The number of aliphatic hydroxyl groups is 2. The highest BCUT2D eigenvalue weighted by Crippen LogP contribution is 2.62. The summed E-state index contributed by atoms with van der Waals surface area (Å²) in [5.74, 6) is -1.71. The minimum Gasteiger partial charge on any atom is -0.459 e. The molecule has 0 spiro atoms. The number of nitro groups is 1. The van der Waals surface area contributed by atoms with Gasteiger partial charge in [0.1, 0.15) is 23.1 Å². The monoisotopic (exact) mass is 830 g/mol. The minimum atomic E-state index is -1.46. The zero-order valence-electron chi connectivity index (χ0n) is 35.6. The van der Waals surface area contributed by atoms with Gasteiger partial charge in [0.2, 0.25) is 11.7 Å². The number of carbonyl (C=O) groups is 2. The van der Waals surface area contributed by atoms with E-state index in [0.717, 1.165) is 36.8 Å². The van der Waals surface area contributed by atoms with Crippen LogP contribution in [0.15, 0.2) is 78.0 Å². The summed E-state index contributed by atoms with van der Waals surface area (Å²) in [6.07, 6.45) is 11.6. The topological polar surface area (TPSA) is 182 Å². The maximum absolute atomic E-state index is 14.6. The van der Waals surface area contributed by atoms with Gasteiger partial charge in [-0.15, -0.1) is 6.58 Å². The van der Waals surface area contributed by atoms with Gasteiger partial charge in [-0.25, -0.2) is 4.79 Å². The van der Waals surface area contributed by atoms with Gasteiger partial charge in [-0.05, 0) is 119 Å². The molecule has 0 bridgehead atoms. The fourth-order valence-electron chi connectivity index (χ4n) is 8.82. The van der Waals surface area contributed by atoms with E-state index < -0.39 is 34.4 Å². The van der Waals surface area contributed by atoms with E-state index >= 15 is 0 Å². The van der Waals surface area contributed by atoms with Gasteiger partial charge in [-0.2, -0.15) is 0 Å². The molecule has 6 atom stereocenters. The largest absolute Gasteiger partial charge is 0.459 e. The first-order chi connectivity index (χ1) is 28.8. The number of carbonyl (C=O) groups excluding carboxylic acids is 2. The number of oxime groups is 1. The third-order valence-electron chi connectivity index (χ3n) is 11.3. The van der Waals surface area contributed by atoms with Crippen LogP contribution in [0.25, 0.3) is 6.08 Å². The number of nitro benzene ring substituents is 1. The van der Waals surface area contributed by atoms with Crippen LogP contribution in [0.2, 0.25) is 0 Å². The summed E-state index contributed by atoms with van der Waals surface area (Å²) in [5.41, 5.74) is 2.33. The first kappa shape index (κ1) is 46.0. The van der Waals surface area contributed by atoms with Crippen LogP contribution in [-0.2, 0) is 14.4 Å². The lowest BCUT2D eigenvalue weighted by Crippen LogP contribution is -2.70. The van der Waals surface area contributed by atoms with E-state index in [1.54, 1.807) is 41.3 Å². The molecule has 5 rings (SSSR count). The highest BCUT2D eigenvalue weighted by molar-refractivity contribution is 6.03. The van der Waals surface area contributed by atoms with Crippen molar-refractivity contribution in [3.05, 3.63) is 94.1 Å². The smallest absolute Gasteiger partial charge is 0.412 e. The molecule has 14 heteroatoms. The van der Waals surface area contributed by atoms with Gasteiger partial charge >= 0.3 is 6.09 Å². The van der Waals surface area contributed by atoms with E-state index in [1.807, 2.05) is 40.7 Å². The molecule has 3 N–H and O–H groups in total. The molecule has 0 saturated heterocycles. The molecule has 14 nitrogen and oxygen atoms in total. The third kappa shape index (κ3) is 10.8. The highest BCUT2D eigenvalue weighted by Gasteiger charge is 2.65. The average Bonchev–Trinajstić information content (AvgIpc) is 3.21. The van der Waals surface area contributed by atoms with Gasteiger partial charge in [0.05, 0.1) is 23.2 Å². The van der Waals surface area contributed by atoms with Gasteiger partial charge in [0.25, 0.3) is 5.69 Å². The van der Waals surface area contributed by atoms with Crippen LogP contribution in [0.5, 0.6) is 11.5 Å². The normalized spacial score (nSPS) is 23.8. The molecule has 1 fully saturated rings. The molecule has 2 aromatic rings. The number of fused-ring (bicyclic) bond motifs is 2. The van der Waals surface area contributed by atoms with Crippen molar-refractivity contribution in [2.75, 3.05) is 32.9 Å². The summed E-state index contributed by atoms with van der Waals surface area (Å²) in [7, 11) is 0. The van der Waals surface area contributed by atoms with Gasteiger partial charge in [-0.3, -0.25) is 14.9 Å². The van der Waals surface area contributed by atoms with Crippen molar-refractivity contribution in [1.29, 1.82) is 0 Å². The summed E-state index contributed by atoms with van der Waals surface area (Å²) >= 11 is 0. The molecule has 0 unspecified atom stereocenters. The molecule has 1 heterocycles. The number of hydrogen-bond acceptors (Lipinski definition) is 11. The van der Waals surface area contributed by atoms with Crippen LogP contribution in [0.3, 0.4) is 0 Å². The number of benzene rings is 2. The fourth-order valence-corrected chi connectivity index (χ4v) is 8.82. The summed E-state index contributed by atoms with van der Waals surface area (Å²) < 4.78 is 20.0. The molecular formula is C46H62N4O10. The van der Waals surface area contributed by atoms with Crippen molar-refractivity contribution in [2.45, 2.75) is 109 Å². The lowest BCUT2D eigenvalue weighted by Gasteiger charge is -2.60. The van der Waals surface area contributed by atoms with E-state index in [9.17, 15) is 29.9 Å². The van der Waals surface area contributed by atoms with Crippen molar-refractivity contribution >= 4 is 29.5 Å². The first-order valence-corrected chi connectivity index (χ1v) is 21.3. The highest BCUT2D eigenvalue weighted by atomic mass is 16.7. The first-order valence-electron chi connectivity index (χ1n) is 21.3. The van der Waals surface area contributed by atoms with E-state index in [0.29, 0.717) is 55.1 Å². The quantitative estimate of drug-likeness (QED) is 0.0388. The van der Waals surface area contributed by atoms with Crippen molar-refractivity contribution in [2.24, 2.45) is 22.9 Å². The number of non-ortho nitro benzene ring substituents is 1. The predicted octanol–water partition coefficient (Wildman–Crippen LogP) is 8.09. The fraction of sp³-hybridized carbons (Fsp3) is 0.543. The third-order valence-corrected chi connectivity index (χ3v) is 11.3. The Kier molecular flexibility index (Phi) is 16.1. The summed E-state index contributed by atoms with van der Waals surface area (Å²) in [6.45, 7) is 14.5. The van der Waals surface area contributed by atoms with E-state index in [2.05, 4.69) is 18.0 Å².